The van der Waals surface area contributed by atoms with Crippen molar-refractivity contribution < 1.29 is 14.5 Å². The SMILES string of the molecule is Cc1c(CN2CCN(C(=O)OC3CCCC3)[C@@H](C)C2)cc(Cl)cc1[N+](=O)[O-]. The first-order valence-electron chi connectivity index (χ1n) is 9.48. The molecule has 0 unspecified atom stereocenters. The second-order valence-corrected chi connectivity index (χ2v) is 7.97. The number of ether oxygens (including phenoxy) is 1. The van der Waals surface area contributed by atoms with Crippen LogP contribution in [0.15, 0.2) is 12.1 Å². The van der Waals surface area contributed by atoms with Gasteiger partial charge in [0, 0.05) is 48.9 Å². The van der Waals surface area contributed by atoms with Crippen molar-refractivity contribution in [2.24, 2.45) is 0 Å². The number of nitrogens with zero attached hydrogens (tertiary/aromatic N) is 3. The van der Waals surface area contributed by atoms with E-state index < -0.39 is 4.92 Å². The van der Waals surface area contributed by atoms with Crippen LogP contribution in [0.1, 0.15) is 43.7 Å². The average Bonchev–Trinajstić information content (AvgIpc) is 3.10. The Balaban J connectivity index is 1.61. The molecule has 0 spiro atoms. The highest BCUT2D eigenvalue weighted by atomic mass is 35.5. The highest BCUT2D eigenvalue weighted by Crippen LogP contribution is 2.28. The van der Waals surface area contributed by atoms with Gasteiger partial charge in [-0.3, -0.25) is 15.0 Å². The van der Waals surface area contributed by atoms with Crippen molar-refractivity contribution in [1.82, 2.24) is 9.80 Å². The number of rotatable bonds is 4. The first-order chi connectivity index (χ1) is 12.8. The lowest BCUT2D eigenvalue weighted by Crippen LogP contribution is -2.54. The monoisotopic (exact) mass is 395 g/mol. The zero-order valence-corrected chi connectivity index (χ0v) is 16.6. The number of piperazine rings is 1. The molecule has 3 rings (SSSR count). The van der Waals surface area contributed by atoms with Crippen molar-refractivity contribution in [2.45, 2.75) is 58.2 Å². The number of carbonyl (C=O) groups is 1. The van der Waals surface area contributed by atoms with Gasteiger partial charge >= 0.3 is 6.09 Å². The maximum absolute atomic E-state index is 12.4. The standard InChI is InChI=1S/C19H26ClN3O4/c1-13-11-21(7-8-22(13)19(24)27-17-5-3-4-6-17)12-15-9-16(20)10-18(14(15)2)23(25)26/h9-10,13,17H,3-8,11-12H2,1-2H3/t13-/m0/s1. The van der Waals surface area contributed by atoms with Crippen LogP contribution in [0.3, 0.4) is 0 Å². The third kappa shape index (κ3) is 4.71. The van der Waals surface area contributed by atoms with E-state index in [0.717, 1.165) is 31.2 Å². The van der Waals surface area contributed by atoms with Crippen LogP contribution in [0.5, 0.6) is 0 Å². The van der Waals surface area contributed by atoms with Crippen molar-refractivity contribution in [1.29, 1.82) is 0 Å². The molecule has 1 saturated heterocycles. The Kier molecular flexibility index (Phi) is 6.22. The van der Waals surface area contributed by atoms with Crippen molar-refractivity contribution >= 4 is 23.4 Å². The Bertz CT molecular complexity index is 721. The van der Waals surface area contributed by atoms with Crippen LogP contribution in [0.2, 0.25) is 5.02 Å². The summed E-state index contributed by atoms with van der Waals surface area (Å²) in [6, 6.07) is 3.21. The fraction of sp³-hybridized carbons (Fsp3) is 0.632. The Morgan fingerprint density at radius 1 is 1.33 bits per heavy atom. The summed E-state index contributed by atoms with van der Waals surface area (Å²) < 4.78 is 5.63. The maximum Gasteiger partial charge on any atom is 0.410 e. The molecule has 2 aliphatic rings. The molecule has 0 radical (unpaired) electrons. The smallest absolute Gasteiger partial charge is 0.410 e. The normalized spacial score (nSPS) is 21.4. The molecule has 1 amide bonds. The summed E-state index contributed by atoms with van der Waals surface area (Å²) >= 11 is 6.07. The van der Waals surface area contributed by atoms with Crippen LogP contribution in [-0.4, -0.2) is 52.6 Å². The Morgan fingerprint density at radius 2 is 2.04 bits per heavy atom. The minimum Gasteiger partial charge on any atom is -0.446 e. The van der Waals surface area contributed by atoms with Gasteiger partial charge in [-0.1, -0.05) is 11.6 Å². The number of amides is 1. The van der Waals surface area contributed by atoms with Gasteiger partial charge in [-0.25, -0.2) is 4.79 Å². The van der Waals surface area contributed by atoms with Gasteiger partial charge in [0.25, 0.3) is 5.69 Å². The molecule has 1 atom stereocenters. The van der Waals surface area contributed by atoms with E-state index in [1.54, 1.807) is 17.9 Å². The van der Waals surface area contributed by atoms with E-state index in [-0.39, 0.29) is 23.9 Å². The van der Waals surface area contributed by atoms with E-state index in [1.807, 2.05) is 6.92 Å². The number of hydrogen-bond donors (Lipinski definition) is 0. The average molecular weight is 396 g/mol. The molecule has 27 heavy (non-hydrogen) atoms. The third-order valence-electron chi connectivity index (χ3n) is 5.56. The lowest BCUT2D eigenvalue weighted by Gasteiger charge is -2.39. The topological polar surface area (TPSA) is 75.9 Å². The molecule has 0 aromatic heterocycles. The molecule has 1 heterocycles. The second kappa shape index (κ2) is 8.44. The van der Waals surface area contributed by atoms with Crippen molar-refractivity contribution in [2.75, 3.05) is 19.6 Å². The van der Waals surface area contributed by atoms with E-state index in [0.29, 0.717) is 36.8 Å². The van der Waals surface area contributed by atoms with E-state index in [1.165, 1.54) is 6.07 Å². The minimum absolute atomic E-state index is 0.0297. The fourth-order valence-corrected chi connectivity index (χ4v) is 4.21. The molecule has 1 aromatic carbocycles. The molecule has 7 nitrogen and oxygen atoms in total. The zero-order chi connectivity index (χ0) is 19.6. The number of hydrogen-bond acceptors (Lipinski definition) is 5. The van der Waals surface area contributed by atoms with E-state index in [9.17, 15) is 14.9 Å². The summed E-state index contributed by atoms with van der Waals surface area (Å²) in [5.41, 5.74) is 1.54. The van der Waals surface area contributed by atoms with Gasteiger partial charge in [0.1, 0.15) is 6.10 Å². The summed E-state index contributed by atoms with van der Waals surface area (Å²) in [6.07, 6.45) is 4.04. The van der Waals surface area contributed by atoms with Gasteiger partial charge in [-0.05, 0) is 51.2 Å². The Hall–Kier alpha value is -1.86. The second-order valence-electron chi connectivity index (χ2n) is 7.53. The van der Waals surface area contributed by atoms with E-state index in [4.69, 9.17) is 16.3 Å². The highest BCUT2D eigenvalue weighted by Gasteiger charge is 2.31. The summed E-state index contributed by atoms with van der Waals surface area (Å²) in [4.78, 5) is 27.2. The van der Waals surface area contributed by atoms with E-state index in [2.05, 4.69) is 4.90 Å². The van der Waals surface area contributed by atoms with Gasteiger partial charge in [-0.15, -0.1) is 0 Å². The van der Waals surface area contributed by atoms with Gasteiger partial charge in [0.05, 0.1) is 4.92 Å². The van der Waals surface area contributed by atoms with Crippen LogP contribution in [0, 0.1) is 17.0 Å². The summed E-state index contributed by atoms with van der Waals surface area (Å²) in [5.74, 6) is 0. The van der Waals surface area contributed by atoms with Crippen molar-refractivity contribution in [3.05, 3.63) is 38.4 Å². The molecule has 148 valence electrons. The predicted octanol–water partition coefficient (Wildman–Crippen LogP) is 4.14. The largest absolute Gasteiger partial charge is 0.446 e. The van der Waals surface area contributed by atoms with E-state index >= 15 is 0 Å². The van der Waals surface area contributed by atoms with Gasteiger partial charge < -0.3 is 9.64 Å². The van der Waals surface area contributed by atoms with Crippen LogP contribution >= 0.6 is 11.6 Å². The van der Waals surface area contributed by atoms with Gasteiger partial charge in [-0.2, -0.15) is 0 Å². The summed E-state index contributed by atoms with van der Waals surface area (Å²) in [7, 11) is 0. The first kappa shape index (κ1) is 19.9. The van der Waals surface area contributed by atoms with Crippen LogP contribution in [0.25, 0.3) is 0 Å². The lowest BCUT2D eigenvalue weighted by molar-refractivity contribution is -0.385. The number of nitro benzene ring substituents is 1. The molecule has 1 saturated carbocycles. The number of halogens is 1. The molecular formula is C19H26ClN3O4. The third-order valence-corrected chi connectivity index (χ3v) is 5.78. The van der Waals surface area contributed by atoms with Crippen molar-refractivity contribution in [3.63, 3.8) is 0 Å². The number of carbonyl (C=O) groups excluding carboxylic acids is 1. The molecule has 0 N–H and O–H groups in total. The predicted molar refractivity (Wildman–Crippen MR) is 103 cm³/mol. The van der Waals surface area contributed by atoms with Crippen LogP contribution < -0.4 is 0 Å². The molecule has 0 bridgehead atoms. The fourth-order valence-electron chi connectivity index (χ4n) is 3.98. The minimum atomic E-state index is -0.399. The molecule has 1 aliphatic carbocycles. The number of nitro groups is 1. The van der Waals surface area contributed by atoms with Gasteiger partial charge in [0.15, 0.2) is 0 Å². The highest BCUT2D eigenvalue weighted by molar-refractivity contribution is 6.30. The Labute approximate surface area is 164 Å². The lowest BCUT2D eigenvalue weighted by atomic mass is 10.1. The zero-order valence-electron chi connectivity index (χ0n) is 15.8. The molecular weight excluding hydrogens is 370 g/mol. The molecule has 8 heteroatoms. The first-order valence-corrected chi connectivity index (χ1v) is 9.86. The molecule has 1 aromatic rings. The van der Waals surface area contributed by atoms with Gasteiger partial charge in [0.2, 0.25) is 0 Å². The van der Waals surface area contributed by atoms with Crippen LogP contribution in [0.4, 0.5) is 10.5 Å². The number of benzene rings is 1. The quantitative estimate of drug-likeness (QED) is 0.565. The summed E-state index contributed by atoms with van der Waals surface area (Å²) in [6.45, 7) is 6.32. The van der Waals surface area contributed by atoms with Crippen LogP contribution in [-0.2, 0) is 11.3 Å². The maximum atomic E-state index is 12.4. The summed E-state index contributed by atoms with van der Waals surface area (Å²) in [5, 5.41) is 11.6. The van der Waals surface area contributed by atoms with Crippen molar-refractivity contribution in [3.8, 4) is 0 Å². The molecule has 2 fully saturated rings. The molecule has 1 aliphatic heterocycles. The Morgan fingerprint density at radius 3 is 2.67 bits per heavy atom.